The predicted octanol–water partition coefficient (Wildman–Crippen LogP) is 2.54. The van der Waals surface area contributed by atoms with Crippen LogP contribution in [0.3, 0.4) is 0 Å². The Labute approximate surface area is 97.0 Å². The fourth-order valence-corrected chi connectivity index (χ4v) is 3.13. The van der Waals surface area contributed by atoms with E-state index < -0.39 is 0 Å². The Kier molecular flexibility index (Phi) is 2.24. The third-order valence-corrected chi connectivity index (χ3v) is 4.04. The molecule has 2 unspecified atom stereocenters. The van der Waals surface area contributed by atoms with Gasteiger partial charge in [0.2, 0.25) is 0 Å². The summed E-state index contributed by atoms with van der Waals surface area (Å²) in [7, 11) is 0. The largest absolute Gasteiger partial charge is 0.0842 e. The number of benzene rings is 1. The second-order valence-corrected chi connectivity index (χ2v) is 5.10. The molecule has 3 rings (SSSR count). The summed E-state index contributed by atoms with van der Waals surface area (Å²) >= 11 is 0. The van der Waals surface area contributed by atoms with E-state index in [0.29, 0.717) is 5.92 Å². The number of allylic oxidation sites excluding steroid dienone is 2. The first kappa shape index (κ1) is 9.89. The van der Waals surface area contributed by atoms with Crippen molar-refractivity contribution in [2.24, 2.45) is 11.8 Å². The van der Waals surface area contributed by atoms with Crippen molar-refractivity contribution in [3.8, 4) is 0 Å². The van der Waals surface area contributed by atoms with Crippen molar-refractivity contribution in [1.29, 1.82) is 0 Å². The van der Waals surface area contributed by atoms with E-state index in [4.69, 9.17) is 0 Å². The van der Waals surface area contributed by atoms with Gasteiger partial charge in [-0.1, -0.05) is 43.4 Å². The van der Waals surface area contributed by atoms with E-state index in [1.54, 1.807) is 5.57 Å². The van der Waals surface area contributed by atoms with Crippen LogP contribution in [0, 0.1) is 18.8 Å². The highest BCUT2D eigenvalue weighted by Gasteiger charge is 2.23. The van der Waals surface area contributed by atoms with Gasteiger partial charge in [0.25, 0.3) is 0 Å². The number of fused-ring (bicyclic) bond motifs is 2. The highest BCUT2D eigenvalue weighted by atomic mass is 14.3. The molecule has 0 aromatic heterocycles. The van der Waals surface area contributed by atoms with E-state index >= 15 is 0 Å². The van der Waals surface area contributed by atoms with Crippen LogP contribution in [0.25, 0.3) is 11.6 Å². The van der Waals surface area contributed by atoms with E-state index in [1.165, 1.54) is 28.8 Å². The first-order valence-corrected chi connectivity index (χ1v) is 6.25. The predicted molar refractivity (Wildman–Crippen MR) is 69.3 cm³/mol. The molecule has 1 aromatic carbocycles. The maximum Gasteiger partial charge on any atom is -0.00923 e. The highest BCUT2D eigenvalue weighted by Crippen LogP contribution is 2.32. The summed E-state index contributed by atoms with van der Waals surface area (Å²) in [6.07, 6.45) is 9.72. The van der Waals surface area contributed by atoms with Crippen molar-refractivity contribution in [2.75, 3.05) is 0 Å². The van der Waals surface area contributed by atoms with Crippen molar-refractivity contribution < 1.29 is 0 Å². The Balaban J connectivity index is 2.41. The molecule has 0 bridgehead atoms. The Morgan fingerprint density at radius 2 is 2.12 bits per heavy atom. The molecule has 2 aliphatic carbocycles. The fraction of sp³-hybridized carbons (Fsp3) is 0.375. The SMILES string of the molecule is Cc1cccc2c1=CC(C)C1CCC=CC=21. The minimum atomic E-state index is 0.688. The van der Waals surface area contributed by atoms with Crippen molar-refractivity contribution in [3.05, 3.63) is 46.4 Å². The molecule has 0 nitrogen and oxygen atoms in total. The summed E-state index contributed by atoms with van der Waals surface area (Å²) in [5.74, 6) is 1.44. The van der Waals surface area contributed by atoms with Gasteiger partial charge in [-0.25, -0.2) is 0 Å². The summed E-state index contributed by atoms with van der Waals surface area (Å²) in [4.78, 5) is 0. The lowest BCUT2D eigenvalue weighted by molar-refractivity contribution is 0.502. The van der Waals surface area contributed by atoms with Crippen molar-refractivity contribution in [2.45, 2.75) is 26.7 Å². The van der Waals surface area contributed by atoms with Gasteiger partial charge in [-0.05, 0) is 53.2 Å². The number of aryl methyl sites for hydroxylation is 1. The molecule has 0 amide bonds. The molecule has 2 aliphatic rings. The molecule has 0 aliphatic heterocycles. The van der Waals surface area contributed by atoms with Crippen LogP contribution in [0.5, 0.6) is 0 Å². The molecule has 0 spiro atoms. The average molecular weight is 210 g/mol. The first-order chi connectivity index (χ1) is 7.77. The van der Waals surface area contributed by atoms with Gasteiger partial charge in [0.1, 0.15) is 0 Å². The van der Waals surface area contributed by atoms with Gasteiger partial charge < -0.3 is 0 Å². The Hall–Kier alpha value is -1.30. The zero-order chi connectivity index (χ0) is 11.1. The van der Waals surface area contributed by atoms with Gasteiger partial charge in [-0.15, -0.1) is 0 Å². The maximum absolute atomic E-state index is 2.47. The van der Waals surface area contributed by atoms with Crippen LogP contribution in [0.2, 0.25) is 0 Å². The molecule has 0 saturated carbocycles. The quantitative estimate of drug-likeness (QED) is 0.617. The maximum atomic E-state index is 2.47. The van der Waals surface area contributed by atoms with Crippen LogP contribution in [-0.4, -0.2) is 0 Å². The van der Waals surface area contributed by atoms with E-state index in [-0.39, 0.29) is 0 Å². The Bertz CT molecular complexity index is 560. The Morgan fingerprint density at radius 1 is 1.25 bits per heavy atom. The molecular formula is C16H18. The topological polar surface area (TPSA) is 0 Å². The van der Waals surface area contributed by atoms with E-state index in [9.17, 15) is 0 Å². The second kappa shape index (κ2) is 3.62. The number of rotatable bonds is 0. The molecule has 2 atom stereocenters. The van der Waals surface area contributed by atoms with Crippen LogP contribution in [-0.2, 0) is 0 Å². The zero-order valence-electron chi connectivity index (χ0n) is 10.0. The standard InChI is InChI=1S/C16H18/c1-11-6-5-9-15-14-8-4-3-7-13(14)12(2)10-16(11)15/h4-6,8-10,12-13H,3,7H2,1-2H3. The lowest BCUT2D eigenvalue weighted by Gasteiger charge is -2.29. The lowest BCUT2D eigenvalue weighted by atomic mass is 9.76. The van der Waals surface area contributed by atoms with Gasteiger partial charge in [-0.3, -0.25) is 0 Å². The summed E-state index contributed by atoms with van der Waals surface area (Å²) in [5, 5.41) is 2.94. The van der Waals surface area contributed by atoms with Crippen LogP contribution in [0.4, 0.5) is 0 Å². The van der Waals surface area contributed by atoms with Crippen LogP contribution in [0.1, 0.15) is 25.3 Å². The van der Waals surface area contributed by atoms with Gasteiger partial charge in [0.05, 0.1) is 0 Å². The molecule has 82 valence electrons. The van der Waals surface area contributed by atoms with Crippen LogP contribution in [0.15, 0.2) is 30.4 Å². The minimum Gasteiger partial charge on any atom is -0.0842 e. The van der Waals surface area contributed by atoms with Crippen molar-refractivity contribution in [1.82, 2.24) is 0 Å². The highest BCUT2D eigenvalue weighted by molar-refractivity contribution is 5.65. The average Bonchev–Trinajstić information content (AvgIpc) is 2.31. The second-order valence-electron chi connectivity index (χ2n) is 5.10. The van der Waals surface area contributed by atoms with E-state index in [2.05, 4.69) is 50.3 Å². The third kappa shape index (κ3) is 1.36. The van der Waals surface area contributed by atoms with Gasteiger partial charge in [0, 0.05) is 0 Å². The summed E-state index contributed by atoms with van der Waals surface area (Å²) in [6.45, 7) is 4.58. The molecule has 1 aromatic rings. The van der Waals surface area contributed by atoms with E-state index in [1.807, 2.05) is 0 Å². The molecule has 0 heterocycles. The van der Waals surface area contributed by atoms with Gasteiger partial charge in [-0.2, -0.15) is 0 Å². The molecule has 16 heavy (non-hydrogen) atoms. The number of hydrogen-bond acceptors (Lipinski definition) is 0. The molecule has 0 N–H and O–H groups in total. The number of hydrogen-bond donors (Lipinski definition) is 0. The Morgan fingerprint density at radius 3 is 3.00 bits per heavy atom. The summed E-state index contributed by atoms with van der Waals surface area (Å²) < 4.78 is 0. The molecule has 0 fully saturated rings. The summed E-state index contributed by atoms with van der Waals surface area (Å²) in [6, 6.07) is 6.68. The fourth-order valence-electron chi connectivity index (χ4n) is 3.13. The monoisotopic (exact) mass is 210 g/mol. The lowest BCUT2D eigenvalue weighted by Crippen LogP contribution is -2.37. The van der Waals surface area contributed by atoms with Gasteiger partial charge in [0.15, 0.2) is 0 Å². The zero-order valence-corrected chi connectivity index (χ0v) is 10.0. The molecule has 0 radical (unpaired) electrons. The molecule has 0 saturated heterocycles. The van der Waals surface area contributed by atoms with Crippen LogP contribution >= 0.6 is 0 Å². The first-order valence-electron chi connectivity index (χ1n) is 6.25. The van der Waals surface area contributed by atoms with Crippen molar-refractivity contribution in [3.63, 3.8) is 0 Å². The molecular weight excluding hydrogens is 192 g/mol. The smallest absolute Gasteiger partial charge is 0.00923 e. The summed E-state index contributed by atoms with van der Waals surface area (Å²) in [5.41, 5.74) is 2.98. The normalized spacial score (nSPS) is 27.0. The minimum absolute atomic E-state index is 0.688. The van der Waals surface area contributed by atoms with E-state index in [0.717, 1.165) is 5.92 Å². The third-order valence-electron chi connectivity index (χ3n) is 4.04. The molecule has 0 heteroatoms. The van der Waals surface area contributed by atoms with Crippen LogP contribution < -0.4 is 10.4 Å². The van der Waals surface area contributed by atoms with Crippen molar-refractivity contribution >= 4 is 11.6 Å². The van der Waals surface area contributed by atoms with Gasteiger partial charge >= 0.3 is 0 Å².